The lowest BCUT2D eigenvalue weighted by molar-refractivity contribution is -0.113. The first-order valence-electron chi connectivity index (χ1n) is 10.3. The second-order valence-electron chi connectivity index (χ2n) is 9.28. The van der Waals surface area contributed by atoms with E-state index in [1.54, 1.807) is 0 Å². The summed E-state index contributed by atoms with van der Waals surface area (Å²) in [5.74, 6) is 4.72. The average Bonchev–Trinajstić information content (AvgIpc) is 2.57. The third-order valence-electron chi connectivity index (χ3n) is 7.52. The van der Waals surface area contributed by atoms with E-state index in [9.17, 15) is 5.11 Å². The van der Waals surface area contributed by atoms with Crippen molar-refractivity contribution in [3.63, 3.8) is 0 Å². The molecule has 6 unspecified atom stereocenters. The fourth-order valence-corrected chi connectivity index (χ4v) is 5.79. The molecule has 0 bridgehead atoms. The minimum atomic E-state index is -0.303. The Morgan fingerprint density at radius 2 is 1.52 bits per heavy atom. The molecule has 0 saturated heterocycles. The molecule has 0 heterocycles. The van der Waals surface area contributed by atoms with Gasteiger partial charge in [0.25, 0.3) is 0 Å². The molecule has 3 fully saturated rings. The van der Waals surface area contributed by atoms with Crippen LogP contribution in [0.2, 0.25) is 0 Å². The summed E-state index contributed by atoms with van der Waals surface area (Å²) >= 11 is 0. The van der Waals surface area contributed by atoms with Crippen LogP contribution in [-0.2, 0) is 4.74 Å². The van der Waals surface area contributed by atoms with Gasteiger partial charge >= 0.3 is 0 Å². The highest BCUT2D eigenvalue weighted by Gasteiger charge is 2.44. The molecule has 0 spiro atoms. The Hall–Kier alpha value is -0.0800. The first kappa shape index (κ1) is 17.7. The summed E-state index contributed by atoms with van der Waals surface area (Å²) in [6.07, 6.45) is 13.6. The van der Waals surface area contributed by atoms with Gasteiger partial charge < -0.3 is 9.84 Å². The van der Waals surface area contributed by atoms with Gasteiger partial charge in [-0.1, -0.05) is 32.6 Å². The number of ether oxygens (including phenoxy) is 1. The minimum Gasteiger partial charge on any atom is -0.391 e. The van der Waals surface area contributed by atoms with Crippen LogP contribution in [0.25, 0.3) is 0 Å². The predicted molar refractivity (Wildman–Crippen MR) is 95.3 cm³/mol. The molecular weight excluding hydrogens is 284 g/mol. The highest BCUT2D eigenvalue weighted by Crippen LogP contribution is 2.52. The molecule has 0 aromatic rings. The van der Waals surface area contributed by atoms with Crippen molar-refractivity contribution in [3.8, 4) is 0 Å². The lowest BCUT2D eigenvalue weighted by Crippen LogP contribution is -2.44. The van der Waals surface area contributed by atoms with Crippen LogP contribution in [0.4, 0.5) is 0 Å². The van der Waals surface area contributed by atoms with E-state index in [1.807, 2.05) is 6.92 Å². The topological polar surface area (TPSA) is 29.5 Å². The number of hydrogen-bond donors (Lipinski definition) is 1. The summed E-state index contributed by atoms with van der Waals surface area (Å²) < 4.78 is 6.16. The van der Waals surface area contributed by atoms with Gasteiger partial charge in [-0.3, -0.25) is 0 Å². The lowest BCUT2D eigenvalue weighted by Gasteiger charge is -2.50. The van der Waals surface area contributed by atoms with E-state index in [0.29, 0.717) is 12.5 Å². The zero-order valence-electron chi connectivity index (χ0n) is 15.6. The van der Waals surface area contributed by atoms with Crippen LogP contribution in [0.15, 0.2) is 0 Å². The van der Waals surface area contributed by atoms with E-state index >= 15 is 0 Å². The van der Waals surface area contributed by atoms with Crippen molar-refractivity contribution in [2.75, 3.05) is 6.61 Å². The molecule has 134 valence electrons. The van der Waals surface area contributed by atoms with Crippen LogP contribution in [-0.4, -0.2) is 23.4 Å². The summed E-state index contributed by atoms with van der Waals surface area (Å²) in [5, 5.41) is 9.81. The molecular formula is C21H38O2. The molecule has 1 N–H and O–H groups in total. The predicted octanol–water partition coefficient (Wildman–Crippen LogP) is 5.19. The molecule has 6 atom stereocenters. The van der Waals surface area contributed by atoms with E-state index in [2.05, 4.69) is 13.8 Å². The SMILES string of the molecule is CCC(O)COC(C)(C)C1CCC2CC3CCCCC3CC2C1. The Bertz CT molecular complexity index is 378. The van der Waals surface area contributed by atoms with Crippen LogP contribution in [0.1, 0.15) is 85.0 Å². The summed E-state index contributed by atoms with van der Waals surface area (Å²) in [4.78, 5) is 0. The van der Waals surface area contributed by atoms with E-state index in [1.165, 1.54) is 57.8 Å². The van der Waals surface area contributed by atoms with Gasteiger partial charge in [0.2, 0.25) is 0 Å². The highest BCUT2D eigenvalue weighted by atomic mass is 16.5. The summed E-state index contributed by atoms with van der Waals surface area (Å²) in [7, 11) is 0. The molecule has 3 aliphatic carbocycles. The molecule has 0 amide bonds. The van der Waals surface area contributed by atoms with Crippen LogP contribution in [0.3, 0.4) is 0 Å². The molecule has 23 heavy (non-hydrogen) atoms. The largest absolute Gasteiger partial charge is 0.391 e. The minimum absolute atomic E-state index is 0.0788. The zero-order chi connectivity index (χ0) is 16.4. The van der Waals surface area contributed by atoms with Crippen LogP contribution < -0.4 is 0 Å². The van der Waals surface area contributed by atoms with E-state index in [4.69, 9.17) is 4.74 Å². The van der Waals surface area contributed by atoms with Crippen molar-refractivity contribution in [3.05, 3.63) is 0 Å². The molecule has 0 aromatic carbocycles. The van der Waals surface area contributed by atoms with Gasteiger partial charge in [-0.25, -0.2) is 0 Å². The van der Waals surface area contributed by atoms with Crippen LogP contribution in [0, 0.1) is 29.6 Å². The Morgan fingerprint density at radius 3 is 2.17 bits per heavy atom. The van der Waals surface area contributed by atoms with Crippen LogP contribution >= 0.6 is 0 Å². The Balaban J connectivity index is 1.56. The second-order valence-corrected chi connectivity index (χ2v) is 9.28. The van der Waals surface area contributed by atoms with E-state index < -0.39 is 0 Å². The molecule has 3 rings (SSSR count). The molecule has 2 heteroatoms. The molecule has 0 radical (unpaired) electrons. The van der Waals surface area contributed by atoms with Gasteiger partial charge in [-0.2, -0.15) is 0 Å². The Morgan fingerprint density at radius 1 is 0.913 bits per heavy atom. The maximum Gasteiger partial charge on any atom is 0.0771 e. The van der Waals surface area contributed by atoms with Crippen molar-refractivity contribution in [2.45, 2.75) is 96.7 Å². The summed E-state index contributed by atoms with van der Waals surface area (Å²) in [6.45, 7) is 7.03. The third kappa shape index (κ3) is 4.12. The quantitative estimate of drug-likeness (QED) is 0.755. The molecule has 3 aliphatic rings. The number of hydrogen-bond acceptors (Lipinski definition) is 2. The first-order chi connectivity index (χ1) is 11.0. The lowest BCUT2D eigenvalue weighted by atomic mass is 9.57. The third-order valence-corrected chi connectivity index (χ3v) is 7.52. The van der Waals surface area contributed by atoms with Gasteiger partial charge in [-0.15, -0.1) is 0 Å². The number of rotatable bonds is 5. The summed E-state index contributed by atoms with van der Waals surface area (Å²) in [6, 6.07) is 0. The average molecular weight is 323 g/mol. The smallest absolute Gasteiger partial charge is 0.0771 e. The Kier molecular flexibility index (Phi) is 5.73. The van der Waals surface area contributed by atoms with E-state index in [-0.39, 0.29) is 11.7 Å². The van der Waals surface area contributed by atoms with Crippen molar-refractivity contribution in [1.82, 2.24) is 0 Å². The number of fused-ring (bicyclic) bond motifs is 2. The molecule has 0 aliphatic heterocycles. The van der Waals surface area contributed by atoms with Crippen molar-refractivity contribution < 1.29 is 9.84 Å². The van der Waals surface area contributed by atoms with Gasteiger partial charge in [0.1, 0.15) is 0 Å². The fraction of sp³-hybridized carbons (Fsp3) is 1.00. The van der Waals surface area contributed by atoms with Gasteiger partial charge in [-0.05, 0) is 82.0 Å². The number of aliphatic hydroxyl groups excluding tert-OH is 1. The first-order valence-corrected chi connectivity index (χ1v) is 10.3. The zero-order valence-corrected chi connectivity index (χ0v) is 15.6. The normalized spacial score (nSPS) is 39.4. The standard InChI is InChI=1S/C21H38O2/c1-4-20(22)14-23-21(2,3)19-10-9-17-11-15-7-5-6-8-16(15)12-18(17)13-19/h15-20,22H,4-14H2,1-3H3. The molecule has 2 nitrogen and oxygen atoms in total. The fourth-order valence-electron chi connectivity index (χ4n) is 5.79. The van der Waals surface area contributed by atoms with Gasteiger partial charge in [0.15, 0.2) is 0 Å². The monoisotopic (exact) mass is 322 g/mol. The van der Waals surface area contributed by atoms with Gasteiger partial charge in [0.05, 0.1) is 18.3 Å². The maximum atomic E-state index is 9.81. The van der Waals surface area contributed by atoms with E-state index in [0.717, 1.165) is 30.1 Å². The van der Waals surface area contributed by atoms with Crippen molar-refractivity contribution >= 4 is 0 Å². The Labute approximate surface area is 143 Å². The second kappa shape index (κ2) is 7.44. The maximum absolute atomic E-state index is 9.81. The van der Waals surface area contributed by atoms with Gasteiger partial charge in [0, 0.05) is 0 Å². The molecule has 0 aromatic heterocycles. The molecule has 3 saturated carbocycles. The number of aliphatic hydroxyl groups is 1. The summed E-state index contributed by atoms with van der Waals surface area (Å²) in [5.41, 5.74) is -0.0788. The van der Waals surface area contributed by atoms with Crippen molar-refractivity contribution in [2.24, 2.45) is 29.6 Å². The van der Waals surface area contributed by atoms with Crippen LogP contribution in [0.5, 0.6) is 0 Å². The highest BCUT2D eigenvalue weighted by molar-refractivity contribution is 4.94. The van der Waals surface area contributed by atoms with Crippen molar-refractivity contribution in [1.29, 1.82) is 0 Å².